The summed E-state index contributed by atoms with van der Waals surface area (Å²) >= 11 is 0. The highest BCUT2D eigenvalue weighted by molar-refractivity contribution is 6.12. The van der Waals surface area contributed by atoms with Crippen molar-refractivity contribution >= 4 is 32.3 Å². The monoisotopic (exact) mass is 300 g/mol. The van der Waals surface area contributed by atoms with Gasteiger partial charge in [0.25, 0.3) is 0 Å². The molecule has 4 aromatic carbocycles. The quantitative estimate of drug-likeness (QED) is 0.128. The molecular weight excluding hydrogens is 292 g/mol. The molecule has 0 saturated carbocycles. The third kappa shape index (κ3) is 1.64. The lowest BCUT2D eigenvalue weighted by molar-refractivity contribution is 0.418. The summed E-state index contributed by atoms with van der Waals surface area (Å²) in [6.07, 6.45) is 0. The molecule has 4 rings (SSSR count). The molecule has 0 aliphatic carbocycles. The van der Waals surface area contributed by atoms with Crippen LogP contribution in [0, 0.1) is 23.3 Å². The van der Waals surface area contributed by atoms with Crippen LogP contribution in [0.15, 0.2) is 48.5 Å². The van der Waals surface area contributed by atoms with Crippen molar-refractivity contribution in [3.8, 4) is 0 Å². The van der Waals surface area contributed by atoms with E-state index in [1.54, 1.807) is 6.07 Å². The van der Waals surface area contributed by atoms with Gasteiger partial charge in [-0.25, -0.2) is 17.6 Å². The van der Waals surface area contributed by atoms with Gasteiger partial charge in [-0.15, -0.1) is 0 Å². The Morgan fingerprint density at radius 3 is 1.77 bits per heavy atom. The molecule has 0 spiro atoms. The third-order valence-corrected chi connectivity index (χ3v) is 3.93. The van der Waals surface area contributed by atoms with Crippen molar-refractivity contribution in [2.24, 2.45) is 0 Å². The van der Waals surface area contributed by atoms with Crippen LogP contribution in [-0.2, 0) is 0 Å². The zero-order valence-electron chi connectivity index (χ0n) is 11.1. The number of benzene rings is 4. The van der Waals surface area contributed by atoms with Gasteiger partial charge in [-0.05, 0) is 33.7 Å². The smallest absolute Gasteiger partial charge is 0.198 e. The van der Waals surface area contributed by atoms with Gasteiger partial charge in [0.15, 0.2) is 23.3 Å². The molecule has 0 aliphatic rings. The Kier molecular flexibility index (Phi) is 2.64. The number of rotatable bonds is 0. The van der Waals surface area contributed by atoms with Gasteiger partial charge in [-0.1, -0.05) is 36.4 Å². The predicted molar refractivity (Wildman–Crippen MR) is 78.8 cm³/mol. The highest BCUT2D eigenvalue weighted by Crippen LogP contribution is 2.33. The Morgan fingerprint density at radius 1 is 0.455 bits per heavy atom. The average molecular weight is 300 g/mol. The first kappa shape index (κ1) is 13.1. The van der Waals surface area contributed by atoms with Gasteiger partial charge in [-0.3, -0.25) is 0 Å². The Bertz CT molecular complexity index is 1070. The molecule has 0 amide bonds. The largest absolute Gasteiger partial charge is 0.203 e. The minimum Gasteiger partial charge on any atom is -0.203 e. The highest BCUT2D eigenvalue weighted by Gasteiger charge is 2.20. The molecule has 4 heteroatoms. The molecule has 4 aromatic rings. The van der Waals surface area contributed by atoms with Crippen LogP contribution in [0.3, 0.4) is 0 Å². The van der Waals surface area contributed by atoms with Crippen molar-refractivity contribution in [3.63, 3.8) is 0 Å². The van der Waals surface area contributed by atoms with Crippen LogP contribution in [-0.4, -0.2) is 0 Å². The lowest BCUT2D eigenvalue weighted by atomic mass is 9.97. The number of hydrogen-bond donors (Lipinski definition) is 0. The Hall–Kier alpha value is -2.62. The van der Waals surface area contributed by atoms with Crippen LogP contribution in [0.1, 0.15) is 0 Å². The molecule has 0 saturated heterocycles. The number of fused-ring (bicyclic) bond motifs is 4. The molecule has 0 bridgehead atoms. The van der Waals surface area contributed by atoms with Crippen LogP contribution in [0.5, 0.6) is 0 Å². The molecular formula is C18H8F4. The zero-order valence-corrected chi connectivity index (χ0v) is 11.1. The van der Waals surface area contributed by atoms with E-state index in [1.807, 2.05) is 30.3 Å². The van der Waals surface area contributed by atoms with E-state index in [9.17, 15) is 17.6 Å². The fraction of sp³-hybridized carbons (Fsp3) is 0. The van der Waals surface area contributed by atoms with Crippen LogP contribution in [0.25, 0.3) is 32.3 Å². The van der Waals surface area contributed by atoms with Crippen molar-refractivity contribution in [2.45, 2.75) is 0 Å². The first-order valence-electron chi connectivity index (χ1n) is 6.65. The lowest BCUT2D eigenvalue weighted by Crippen LogP contribution is -1.98. The van der Waals surface area contributed by atoms with Crippen molar-refractivity contribution < 1.29 is 17.6 Å². The minimum atomic E-state index is -1.79. The third-order valence-electron chi connectivity index (χ3n) is 3.93. The van der Waals surface area contributed by atoms with Gasteiger partial charge >= 0.3 is 0 Å². The highest BCUT2D eigenvalue weighted by atomic mass is 19.2. The van der Waals surface area contributed by atoms with Crippen LogP contribution >= 0.6 is 0 Å². The van der Waals surface area contributed by atoms with Crippen molar-refractivity contribution in [3.05, 3.63) is 71.8 Å². The summed E-state index contributed by atoms with van der Waals surface area (Å²) in [5.74, 6) is -6.32. The number of hydrogen-bond acceptors (Lipinski definition) is 0. The SMILES string of the molecule is Fc1c(F)c(F)c2cc3c(ccc4ccccc43)cc2c1F. The number of halogens is 4. The second-order valence-electron chi connectivity index (χ2n) is 5.16. The van der Waals surface area contributed by atoms with Crippen molar-refractivity contribution in [1.29, 1.82) is 0 Å². The Labute approximate surface area is 122 Å². The van der Waals surface area contributed by atoms with E-state index in [1.165, 1.54) is 12.1 Å². The van der Waals surface area contributed by atoms with E-state index in [4.69, 9.17) is 0 Å². The lowest BCUT2D eigenvalue weighted by Gasteiger charge is -2.09. The van der Waals surface area contributed by atoms with Gasteiger partial charge in [0, 0.05) is 10.8 Å². The molecule has 108 valence electrons. The van der Waals surface area contributed by atoms with Gasteiger partial charge < -0.3 is 0 Å². The predicted octanol–water partition coefficient (Wildman–Crippen LogP) is 5.70. The van der Waals surface area contributed by atoms with E-state index >= 15 is 0 Å². The fourth-order valence-electron chi connectivity index (χ4n) is 2.85. The van der Waals surface area contributed by atoms with Gasteiger partial charge in [0.2, 0.25) is 0 Å². The van der Waals surface area contributed by atoms with E-state index < -0.39 is 23.3 Å². The van der Waals surface area contributed by atoms with E-state index in [2.05, 4.69) is 0 Å². The molecule has 0 N–H and O–H groups in total. The maximum absolute atomic E-state index is 14.0. The minimum absolute atomic E-state index is 0.264. The van der Waals surface area contributed by atoms with Gasteiger partial charge in [0.05, 0.1) is 0 Å². The summed E-state index contributed by atoms with van der Waals surface area (Å²) < 4.78 is 54.7. The molecule has 0 nitrogen and oxygen atoms in total. The zero-order chi connectivity index (χ0) is 15.4. The van der Waals surface area contributed by atoms with Crippen LogP contribution < -0.4 is 0 Å². The maximum atomic E-state index is 14.0. The topological polar surface area (TPSA) is 0 Å². The molecule has 0 fully saturated rings. The van der Waals surface area contributed by atoms with E-state index in [0.717, 1.165) is 10.8 Å². The molecule has 0 aliphatic heterocycles. The molecule has 0 heterocycles. The summed E-state index contributed by atoms with van der Waals surface area (Å²) in [6, 6.07) is 13.7. The van der Waals surface area contributed by atoms with Gasteiger partial charge in [0.1, 0.15) is 0 Å². The Morgan fingerprint density at radius 2 is 1.05 bits per heavy atom. The summed E-state index contributed by atoms with van der Waals surface area (Å²) in [5.41, 5.74) is 0. The van der Waals surface area contributed by atoms with Gasteiger partial charge in [-0.2, -0.15) is 0 Å². The second-order valence-corrected chi connectivity index (χ2v) is 5.16. The standard InChI is InChI=1S/C18H8F4/c19-15-13-7-10-6-5-9-3-1-2-4-11(9)12(10)8-14(13)16(20)18(22)17(15)21/h1-8H. The summed E-state index contributed by atoms with van der Waals surface area (Å²) in [6.45, 7) is 0. The van der Waals surface area contributed by atoms with E-state index in [-0.39, 0.29) is 10.8 Å². The first-order valence-corrected chi connectivity index (χ1v) is 6.65. The van der Waals surface area contributed by atoms with Crippen LogP contribution in [0.2, 0.25) is 0 Å². The summed E-state index contributed by atoms with van der Waals surface area (Å²) in [5, 5.41) is 2.54. The average Bonchev–Trinajstić information content (AvgIpc) is 2.56. The first-order chi connectivity index (χ1) is 10.6. The maximum Gasteiger partial charge on any atom is 0.198 e. The molecule has 0 unspecified atom stereocenters. The normalized spacial score (nSPS) is 11.6. The van der Waals surface area contributed by atoms with Crippen molar-refractivity contribution in [1.82, 2.24) is 0 Å². The summed E-state index contributed by atoms with van der Waals surface area (Å²) in [4.78, 5) is 0. The van der Waals surface area contributed by atoms with E-state index in [0.29, 0.717) is 10.8 Å². The van der Waals surface area contributed by atoms with Crippen molar-refractivity contribution in [2.75, 3.05) is 0 Å². The fourth-order valence-corrected chi connectivity index (χ4v) is 2.85. The second kappa shape index (κ2) is 4.44. The van der Waals surface area contributed by atoms with Crippen LogP contribution in [0.4, 0.5) is 17.6 Å². The molecule has 22 heavy (non-hydrogen) atoms. The molecule has 0 radical (unpaired) electrons. The molecule has 0 aromatic heterocycles. The Balaban J connectivity index is 2.27. The summed E-state index contributed by atoms with van der Waals surface area (Å²) in [7, 11) is 0. The molecule has 0 atom stereocenters.